The summed E-state index contributed by atoms with van der Waals surface area (Å²) in [5.74, 6) is -0.602. The maximum absolute atomic E-state index is 14.4. The quantitative estimate of drug-likeness (QED) is 0.425. The van der Waals surface area contributed by atoms with Gasteiger partial charge in [-0.2, -0.15) is 13.2 Å². The molecule has 1 saturated carbocycles. The fraction of sp³-hybridized carbons (Fsp3) is 0.708. The fourth-order valence-electron chi connectivity index (χ4n) is 4.73. The molecule has 9 heteroatoms. The van der Waals surface area contributed by atoms with Crippen molar-refractivity contribution in [2.75, 3.05) is 50.8 Å². The number of amides is 1. The Morgan fingerprint density at radius 3 is 2.45 bits per heavy atom. The lowest BCUT2D eigenvalue weighted by atomic mass is 9.84. The Hall–Kier alpha value is -1.87. The zero-order valence-corrected chi connectivity index (χ0v) is 19.3. The van der Waals surface area contributed by atoms with Crippen molar-refractivity contribution in [1.29, 1.82) is 0 Å². The van der Waals surface area contributed by atoms with Gasteiger partial charge in [-0.3, -0.25) is 9.69 Å². The topological polar surface area (TPSA) is 44.8 Å². The van der Waals surface area contributed by atoms with Gasteiger partial charge < -0.3 is 15.0 Å². The summed E-state index contributed by atoms with van der Waals surface area (Å²) in [5, 5.41) is 3.06. The molecule has 0 atom stereocenters. The molecule has 186 valence electrons. The lowest BCUT2D eigenvalue weighted by Crippen LogP contribution is -2.47. The lowest BCUT2D eigenvalue weighted by molar-refractivity contribution is -0.140. The van der Waals surface area contributed by atoms with E-state index in [1.54, 1.807) is 4.90 Å². The van der Waals surface area contributed by atoms with Crippen LogP contribution in [0, 0.1) is 11.7 Å². The Kier molecular flexibility index (Phi) is 9.37. The van der Waals surface area contributed by atoms with Gasteiger partial charge in [-0.25, -0.2) is 4.39 Å². The number of carbonyl (C=O) groups is 1. The first-order valence-electron chi connectivity index (χ1n) is 12.0. The van der Waals surface area contributed by atoms with E-state index in [0.717, 1.165) is 51.1 Å². The molecule has 1 saturated heterocycles. The number of alkyl halides is 3. The average molecular weight is 474 g/mol. The third-order valence-electron chi connectivity index (χ3n) is 6.64. The molecule has 5 nitrogen and oxygen atoms in total. The third-order valence-corrected chi connectivity index (χ3v) is 6.64. The molecule has 0 bridgehead atoms. The van der Waals surface area contributed by atoms with Crippen LogP contribution in [0.15, 0.2) is 18.2 Å². The zero-order chi connectivity index (χ0) is 23.8. The predicted octanol–water partition coefficient (Wildman–Crippen LogP) is 4.46. The maximum Gasteiger partial charge on any atom is 0.419 e. The van der Waals surface area contributed by atoms with Gasteiger partial charge in [0.15, 0.2) is 5.82 Å². The highest BCUT2D eigenvalue weighted by Gasteiger charge is 2.36. The molecular weight excluding hydrogens is 438 g/mol. The monoisotopic (exact) mass is 473 g/mol. The first-order valence-corrected chi connectivity index (χ1v) is 12.0. The largest absolute Gasteiger partial charge is 0.419 e. The molecule has 1 aliphatic heterocycles. The molecule has 33 heavy (non-hydrogen) atoms. The van der Waals surface area contributed by atoms with Gasteiger partial charge in [-0.15, -0.1) is 0 Å². The summed E-state index contributed by atoms with van der Waals surface area (Å²) in [4.78, 5) is 15.9. The van der Waals surface area contributed by atoms with Gasteiger partial charge in [0.2, 0.25) is 5.91 Å². The van der Waals surface area contributed by atoms with Crippen molar-refractivity contribution >= 4 is 11.6 Å². The van der Waals surface area contributed by atoms with Crippen molar-refractivity contribution in [3.05, 3.63) is 29.6 Å². The number of nitrogens with zero attached hydrogens (tertiary/aromatic N) is 2. The van der Waals surface area contributed by atoms with Crippen LogP contribution in [0.5, 0.6) is 0 Å². The summed E-state index contributed by atoms with van der Waals surface area (Å²) < 4.78 is 58.7. The van der Waals surface area contributed by atoms with E-state index in [0.29, 0.717) is 38.7 Å². The maximum atomic E-state index is 14.4. The highest BCUT2D eigenvalue weighted by atomic mass is 19.4. The highest BCUT2D eigenvalue weighted by Crippen LogP contribution is 2.35. The Morgan fingerprint density at radius 2 is 1.82 bits per heavy atom. The van der Waals surface area contributed by atoms with E-state index in [-0.39, 0.29) is 24.2 Å². The average Bonchev–Trinajstić information content (AvgIpc) is 2.79. The second-order valence-corrected chi connectivity index (χ2v) is 9.09. The van der Waals surface area contributed by atoms with Crippen molar-refractivity contribution < 1.29 is 27.1 Å². The molecule has 2 fully saturated rings. The van der Waals surface area contributed by atoms with Gasteiger partial charge >= 0.3 is 6.18 Å². The molecule has 1 aliphatic carbocycles. The summed E-state index contributed by atoms with van der Waals surface area (Å²) in [6.07, 6.45) is 1.40. The number of halogens is 4. The van der Waals surface area contributed by atoms with Crippen LogP contribution in [-0.2, 0) is 15.7 Å². The molecule has 1 aromatic carbocycles. The van der Waals surface area contributed by atoms with Crippen molar-refractivity contribution in [3.8, 4) is 0 Å². The molecular formula is C24H35F4N3O2. The number of benzene rings is 1. The fourth-order valence-corrected chi connectivity index (χ4v) is 4.73. The van der Waals surface area contributed by atoms with E-state index in [9.17, 15) is 22.4 Å². The van der Waals surface area contributed by atoms with Gasteiger partial charge in [0.05, 0.1) is 11.3 Å². The van der Waals surface area contributed by atoms with E-state index < -0.39 is 17.6 Å². The first kappa shape index (κ1) is 25.7. The second kappa shape index (κ2) is 12.0. The van der Waals surface area contributed by atoms with Crippen molar-refractivity contribution in [2.24, 2.45) is 5.92 Å². The molecule has 1 amide bonds. The molecule has 0 radical (unpaired) electrons. The van der Waals surface area contributed by atoms with Gasteiger partial charge in [0.25, 0.3) is 0 Å². The van der Waals surface area contributed by atoms with E-state index in [1.807, 2.05) is 6.92 Å². The Balaban J connectivity index is 1.36. The van der Waals surface area contributed by atoms with Crippen LogP contribution >= 0.6 is 0 Å². The van der Waals surface area contributed by atoms with Crippen LogP contribution in [0.1, 0.15) is 51.0 Å². The van der Waals surface area contributed by atoms with E-state index in [2.05, 4.69) is 10.2 Å². The smallest absolute Gasteiger partial charge is 0.372 e. The predicted molar refractivity (Wildman–Crippen MR) is 120 cm³/mol. The van der Waals surface area contributed by atoms with Crippen molar-refractivity contribution in [2.45, 2.75) is 57.7 Å². The Labute approximate surface area is 193 Å². The van der Waals surface area contributed by atoms with Crippen molar-refractivity contribution in [3.63, 3.8) is 0 Å². The first-order chi connectivity index (χ1) is 15.8. The molecule has 1 heterocycles. The van der Waals surface area contributed by atoms with Gasteiger partial charge in [0.1, 0.15) is 6.61 Å². The minimum absolute atomic E-state index is 0.0324. The minimum atomic E-state index is -4.69. The Morgan fingerprint density at radius 1 is 1.12 bits per heavy atom. The number of piperazine rings is 1. The molecule has 0 spiro atoms. The van der Waals surface area contributed by atoms with Crippen molar-refractivity contribution in [1.82, 2.24) is 10.2 Å². The number of anilines is 1. The molecule has 0 aromatic heterocycles. The second-order valence-electron chi connectivity index (χ2n) is 9.09. The standard InChI is InChI=1S/C24H35F4N3O2/c1-2-16-33-17-22(32)29-19-8-6-18(7-9-19)10-11-30-12-14-31(15-13-30)21-5-3-4-20(23(21)25)24(26,27)28/h3-5,18-19H,2,6-17H2,1H3,(H,29,32). The number of carbonyl (C=O) groups excluding carboxylic acids is 1. The zero-order valence-electron chi connectivity index (χ0n) is 19.3. The third kappa shape index (κ3) is 7.57. The van der Waals surface area contributed by atoms with Gasteiger partial charge in [-0.1, -0.05) is 13.0 Å². The summed E-state index contributed by atoms with van der Waals surface area (Å²) >= 11 is 0. The summed E-state index contributed by atoms with van der Waals surface area (Å²) in [5.41, 5.74) is -1.17. The highest BCUT2D eigenvalue weighted by molar-refractivity contribution is 5.77. The number of hydrogen-bond donors (Lipinski definition) is 1. The summed E-state index contributed by atoms with van der Waals surface area (Å²) in [7, 11) is 0. The normalized spacial score (nSPS) is 22.4. The molecule has 1 aromatic rings. The van der Waals surface area contributed by atoms with Crippen LogP contribution < -0.4 is 10.2 Å². The van der Waals surface area contributed by atoms with E-state index in [4.69, 9.17) is 4.74 Å². The SMILES string of the molecule is CCCOCC(=O)NC1CCC(CCN2CCN(c3cccc(C(F)(F)F)c3F)CC2)CC1. The van der Waals surface area contributed by atoms with Gasteiger partial charge in [0, 0.05) is 38.8 Å². The molecule has 2 aliphatic rings. The molecule has 1 N–H and O–H groups in total. The number of hydrogen-bond acceptors (Lipinski definition) is 4. The van der Waals surface area contributed by atoms with Crippen LogP contribution in [0.4, 0.5) is 23.2 Å². The molecule has 3 rings (SSSR count). The van der Waals surface area contributed by atoms with E-state index in [1.165, 1.54) is 12.1 Å². The van der Waals surface area contributed by atoms with Crippen LogP contribution in [-0.4, -0.2) is 62.8 Å². The number of ether oxygens (including phenoxy) is 1. The van der Waals surface area contributed by atoms with Crippen LogP contribution in [0.25, 0.3) is 0 Å². The van der Waals surface area contributed by atoms with Gasteiger partial charge in [-0.05, 0) is 63.1 Å². The Bertz CT molecular complexity index is 759. The van der Waals surface area contributed by atoms with Crippen LogP contribution in [0.2, 0.25) is 0 Å². The lowest BCUT2D eigenvalue weighted by Gasteiger charge is -2.37. The summed E-state index contributed by atoms with van der Waals surface area (Å²) in [6, 6.07) is 3.71. The number of rotatable bonds is 9. The summed E-state index contributed by atoms with van der Waals surface area (Å²) in [6.45, 7) is 6.11. The molecule has 0 unspecified atom stereocenters. The number of nitrogens with one attached hydrogen (secondary N) is 1. The minimum Gasteiger partial charge on any atom is -0.372 e. The van der Waals surface area contributed by atoms with E-state index >= 15 is 0 Å². The van der Waals surface area contributed by atoms with Crippen LogP contribution in [0.3, 0.4) is 0 Å².